The van der Waals surface area contributed by atoms with E-state index in [2.05, 4.69) is 17.3 Å². The number of anilines is 1. The van der Waals surface area contributed by atoms with Crippen LogP contribution in [0.3, 0.4) is 0 Å². The first-order valence-electron chi connectivity index (χ1n) is 6.50. The molecule has 92 valence electrons. The minimum absolute atomic E-state index is 0.194. The molecule has 17 heavy (non-hydrogen) atoms. The van der Waals surface area contributed by atoms with Gasteiger partial charge in [-0.15, -0.1) is 0 Å². The highest BCUT2D eigenvalue weighted by atomic mass is 16.1. The largest absolute Gasteiger partial charge is 0.323 e. The van der Waals surface area contributed by atoms with Gasteiger partial charge >= 0.3 is 0 Å². The zero-order valence-corrected chi connectivity index (χ0v) is 10.4. The van der Waals surface area contributed by atoms with Crippen LogP contribution in [0, 0.1) is 17.8 Å². The highest BCUT2D eigenvalue weighted by Crippen LogP contribution is 2.54. The molecule has 1 aromatic rings. The van der Waals surface area contributed by atoms with Gasteiger partial charge in [-0.25, -0.2) is 0 Å². The molecule has 2 aliphatic rings. The first kappa shape index (κ1) is 10.8. The van der Waals surface area contributed by atoms with Crippen molar-refractivity contribution in [1.29, 1.82) is 0 Å². The number of aromatic nitrogens is 2. The van der Waals surface area contributed by atoms with Crippen LogP contribution in [0.25, 0.3) is 0 Å². The Morgan fingerprint density at radius 2 is 2.18 bits per heavy atom. The lowest BCUT2D eigenvalue weighted by Gasteiger charge is -2.11. The molecule has 2 saturated carbocycles. The summed E-state index contributed by atoms with van der Waals surface area (Å²) >= 11 is 0. The van der Waals surface area contributed by atoms with Gasteiger partial charge in [0.15, 0.2) is 0 Å². The third-order valence-electron chi connectivity index (χ3n) is 4.11. The van der Waals surface area contributed by atoms with Crippen molar-refractivity contribution in [1.82, 2.24) is 9.78 Å². The van der Waals surface area contributed by atoms with Gasteiger partial charge in [-0.05, 0) is 37.5 Å². The summed E-state index contributed by atoms with van der Waals surface area (Å²) in [6.07, 6.45) is 6.30. The van der Waals surface area contributed by atoms with Crippen molar-refractivity contribution in [3.05, 3.63) is 11.9 Å². The fourth-order valence-electron chi connectivity index (χ4n) is 3.06. The number of fused-ring (bicyclic) bond motifs is 1. The van der Waals surface area contributed by atoms with E-state index in [1.165, 1.54) is 6.42 Å². The molecular weight excluding hydrogens is 214 g/mol. The molecular formula is C13H19N3O. The van der Waals surface area contributed by atoms with Gasteiger partial charge in [0, 0.05) is 19.2 Å². The topological polar surface area (TPSA) is 46.9 Å². The number of carbonyl (C=O) groups excluding carboxylic acids is 1. The van der Waals surface area contributed by atoms with E-state index in [4.69, 9.17) is 0 Å². The van der Waals surface area contributed by atoms with Crippen molar-refractivity contribution < 1.29 is 4.79 Å². The summed E-state index contributed by atoms with van der Waals surface area (Å²) < 4.78 is 1.76. The minimum atomic E-state index is 0.194. The van der Waals surface area contributed by atoms with E-state index in [0.29, 0.717) is 0 Å². The maximum absolute atomic E-state index is 12.1. The smallest absolute Gasteiger partial charge is 0.227 e. The number of carbonyl (C=O) groups is 1. The number of hydrogen-bond acceptors (Lipinski definition) is 2. The molecule has 1 aromatic heterocycles. The van der Waals surface area contributed by atoms with E-state index in [0.717, 1.165) is 42.5 Å². The summed E-state index contributed by atoms with van der Waals surface area (Å²) in [6.45, 7) is 2.06. The Kier molecular flexibility index (Phi) is 2.45. The molecule has 1 amide bonds. The lowest BCUT2D eigenvalue weighted by molar-refractivity contribution is -0.120. The van der Waals surface area contributed by atoms with Crippen molar-refractivity contribution in [2.24, 2.45) is 24.8 Å². The van der Waals surface area contributed by atoms with Gasteiger partial charge < -0.3 is 5.32 Å². The molecule has 1 N–H and O–H groups in total. The van der Waals surface area contributed by atoms with Gasteiger partial charge in [-0.1, -0.05) is 6.92 Å². The lowest BCUT2D eigenvalue weighted by atomic mass is 10.0. The molecule has 0 radical (unpaired) electrons. The number of aryl methyl sites for hydroxylation is 2. The van der Waals surface area contributed by atoms with E-state index >= 15 is 0 Å². The number of nitrogens with one attached hydrogen (secondary N) is 1. The molecule has 0 bridgehead atoms. The molecule has 0 saturated heterocycles. The van der Waals surface area contributed by atoms with Crippen LogP contribution in [0.15, 0.2) is 6.20 Å². The second kappa shape index (κ2) is 3.86. The Bertz CT molecular complexity index is 442. The van der Waals surface area contributed by atoms with E-state index in [-0.39, 0.29) is 11.8 Å². The first-order chi connectivity index (χ1) is 8.17. The molecule has 2 aliphatic carbocycles. The summed E-state index contributed by atoms with van der Waals surface area (Å²) in [5, 5.41) is 7.38. The second-order valence-electron chi connectivity index (χ2n) is 5.43. The summed E-state index contributed by atoms with van der Waals surface area (Å²) in [5.41, 5.74) is 1.87. The second-order valence-corrected chi connectivity index (χ2v) is 5.43. The minimum Gasteiger partial charge on any atom is -0.323 e. The summed E-state index contributed by atoms with van der Waals surface area (Å²) in [5.74, 6) is 2.14. The van der Waals surface area contributed by atoms with Crippen molar-refractivity contribution in [2.45, 2.75) is 32.6 Å². The summed E-state index contributed by atoms with van der Waals surface area (Å²) in [4.78, 5) is 12.1. The van der Waals surface area contributed by atoms with Crippen LogP contribution in [-0.4, -0.2) is 15.7 Å². The van der Waals surface area contributed by atoms with Gasteiger partial charge in [-0.2, -0.15) is 5.10 Å². The van der Waals surface area contributed by atoms with Crippen LogP contribution in [0.5, 0.6) is 0 Å². The molecule has 4 heteroatoms. The molecule has 0 aromatic carbocycles. The van der Waals surface area contributed by atoms with E-state index < -0.39 is 0 Å². The summed E-state index contributed by atoms with van der Waals surface area (Å²) in [6, 6.07) is 0. The molecule has 0 aliphatic heterocycles. The van der Waals surface area contributed by atoms with E-state index in [1.807, 2.05) is 13.2 Å². The molecule has 3 rings (SSSR count). The zero-order valence-electron chi connectivity index (χ0n) is 10.4. The average Bonchev–Trinajstić information content (AvgIpc) is 2.75. The fourth-order valence-corrected chi connectivity index (χ4v) is 3.06. The van der Waals surface area contributed by atoms with Crippen LogP contribution < -0.4 is 5.32 Å². The van der Waals surface area contributed by atoms with Gasteiger partial charge in [0.25, 0.3) is 0 Å². The quantitative estimate of drug-likeness (QED) is 0.867. The predicted molar refractivity (Wildman–Crippen MR) is 65.5 cm³/mol. The van der Waals surface area contributed by atoms with E-state index in [9.17, 15) is 4.79 Å². The van der Waals surface area contributed by atoms with Crippen molar-refractivity contribution in [2.75, 3.05) is 5.32 Å². The Morgan fingerprint density at radius 1 is 1.47 bits per heavy atom. The molecule has 0 spiro atoms. The molecule has 2 fully saturated rings. The number of rotatable bonds is 3. The molecule has 1 heterocycles. The Morgan fingerprint density at radius 3 is 2.82 bits per heavy atom. The maximum Gasteiger partial charge on any atom is 0.227 e. The van der Waals surface area contributed by atoms with Crippen LogP contribution in [0.1, 0.15) is 31.9 Å². The molecule has 2 unspecified atom stereocenters. The maximum atomic E-state index is 12.1. The van der Waals surface area contributed by atoms with Crippen molar-refractivity contribution in [3.8, 4) is 0 Å². The molecule has 2 atom stereocenters. The summed E-state index contributed by atoms with van der Waals surface area (Å²) in [7, 11) is 1.89. The Labute approximate surface area is 101 Å². The monoisotopic (exact) mass is 233 g/mol. The van der Waals surface area contributed by atoms with Gasteiger partial charge in [-0.3, -0.25) is 9.48 Å². The molecule has 4 nitrogen and oxygen atoms in total. The standard InChI is InChI=1S/C13H19N3O/c1-3-11-12(7-16(2)15-11)14-13(17)10-5-8-4-9(8)6-10/h7-10H,3-6H2,1-2H3,(H,14,17). The number of amides is 1. The SMILES string of the molecule is CCc1nn(C)cc1NC(=O)C1CC2CC2C1. The van der Waals surface area contributed by atoms with Gasteiger partial charge in [0.1, 0.15) is 0 Å². The zero-order chi connectivity index (χ0) is 12.0. The number of hydrogen-bond donors (Lipinski definition) is 1. The highest BCUT2D eigenvalue weighted by molar-refractivity contribution is 5.93. The third-order valence-corrected chi connectivity index (χ3v) is 4.11. The average molecular weight is 233 g/mol. The van der Waals surface area contributed by atoms with Crippen LogP contribution in [-0.2, 0) is 18.3 Å². The highest BCUT2D eigenvalue weighted by Gasteiger charge is 2.48. The van der Waals surface area contributed by atoms with Crippen molar-refractivity contribution in [3.63, 3.8) is 0 Å². The van der Waals surface area contributed by atoms with E-state index in [1.54, 1.807) is 4.68 Å². The third kappa shape index (κ3) is 1.96. The van der Waals surface area contributed by atoms with Crippen LogP contribution >= 0.6 is 0 Å². The lowest BCUT2D eigenvalue weighted by Crippen LogP contribution is -2.21. The Hall–Kier alpha value is -1.32. The first-order valence-corrected chi connectivity index (χ1v) is 6.50. The van der Waals surface area contributed by atoms with Gasteiger partial charge in [0.2, 0.25) is 5.91 Å². The normalized spacial score (nSPS) is 30.1. The van der Waals surface area contributed by atoms with Crippen molar-refractivity contribution >= 4 is 11.6 Å². The number of nitrogens with zero attached hydrogens (tertiary/aromatic N) is 2. The van der Waals surface area contributed by atoms with Crippen LogP contribution in [0.4, 0.5) is 5.69 Å². The van der Waals surface area contributed by atoms with Crippen LogP contribution in [0.2, 0.25) is 0 Å². The predicted octanol–water partition coefficient (Wildman–Crippen LogP) is 1.97. The van der Waals surface area contributed by atoms with Gasteiger partial charge in [0.05, 0.1) is 11.4 Å². The fraction of sp³-hybridized carbons (Fsp3) is 0.692. The Balaban J connectivity index is 1.67.